The summed E-state index contributed by atoms with van der Waals surface area (Å²) in [5.41, 5.74) is 5.48. The van der Waals surface area contributed by atoms with Gasteiger partial charge in [-0.25, -0.2) is 0 Å². The van der Waals surface area contributed by atoms with Crippen molar-refractivity contribution >= 4 is 36.0 Å². The highest BCUT2D eigenvalue weighted by molar-refractivity contribution is 8.00. The average Bonchev–Trinajstić information content (AvgIpc) is 2.01. The van der Waals surface area contributed by atoms with Crippen molar-refractivity contribution in [2.75, 3.05) is 5.88 Å². The molecule has 0 aliphatic carbocycles. The summed E-state index contributed by atoms with van der Waals surface area (Å²) in [5.74, 6) is -0.814. The van der Waals surface area contributed by atoms with Crippen LogP contribution in [0, 0.1) is 0 Å². The van der Waals surface area contributed by atoms with Crippen LogP contribution in [0.1, 0.15) is 20.8 Å². The summed E-state index contributed by atoms with van der Waals surface area (Å²) in [5, 5.41) is 11.3. The van der Waals surface area contributed by atoms with Crippen molar-refractivity contribution in [3.05, 3.63) is 0 Å². The molecule has 0 saturated carbocycles. The molecule has 0 aliphatic heterocycles. The van der Waals surface area contributed by atoms with E-state index >= 15 is 0 Å². The van der Waals surface area contributed by atoms with Gasteiger partial charge in [-0.05, 0) is 13.8 Å². The van der Waals surface area contributed by atoms with Gasteiger partial charge in [0.25, 0.3) is 0 Å². The Kier molecular flexibility index (Phi) is 7.82. The van der Waals surface area contributed by atoms with Gasteiger partial charge in [0, 0.05) is 11.7 Å². The molecule has 0 saturated heterocycles. The molecular formula is C8H17ClN2O3S. The van der Waals surface area contributed by atoms with Crippen molar-refractivity contribution in [2.24, 2.45) is 5.73 Å². The van der Waals surface area contributed by atoms with Crippen LogP contribution < -0.4 is 11.1 Å². The lowest BCUT2D eigenvalue weighted by atomic mass is 10.1. The van der Waals surface area contributed by atoms with Crippen molar-refractivity contribution < 1.29 is 14.7 Å². The third-order valence-electron chi connectivity index (χ3n) is 1.78. The minimum absolute atomic E-state index is 0. The SMILES string of the molecule is CC(=O)NCSC(C)(C)[C@H](N)C(=O)O.Cl. The highest BCUT2D eigenvalue weighted by Gasteiger charge is 2.32. The molecule has 0 unspecified atom stereocenters. The molecule has 0 radical (unpaired) electrons. The van der Waals surface area contributed by atoms with Gasteiger partial charge in [0.1, 0.15) is 6.04 Å². The minimum atomic E-state index is -1.04. The van der Waals surface area contributed by atoms with Crippen molar-refractivity contribution in [2.45, 2.75) is 31.6 Å². The van der Waals surface area contributed by atoms with Crippen molar-refractivity contribution in [1.82, 2.24) is 5.32 Å². The number of nitrogens with two attached hydrogens (primary N) is 1. The predicted molar refractivity (Wildman–Crippen MR) is 63.2 cm³/mol. The summed E-state index contributed by atoms with van der Waals surface area (Å²) < 4.78 is -0.603. The molecule has 1 amide bonds. The second-order valence-corrected chi connectivity index (χ2v) is 5.07. The van der Waals surface area contributed by atoms with Crippen LogP contribution in [-0.4, -0.2) is 33.6 Å². The number of nitrogens with one attached hydrogen (secondary N) is 1. The average molecular weight is 257 g/mol. The second-order valence-electron chi connectivity index (χ2n) is 3.44. The highest BCUT2D eigenvalue weighted by Crippen LogP contribution is 2.26. The molecule has 15 heavy (non-hydrogen) atoms. The van der Waals surface area contributed by atoms with Gasteiger partial charge in [-0.15, -0.1) is 24.2 Å². The summed E-state index contributed by atoms with van der Waals surface area (Å²) in [6.45, 7) is 4.88. The standard InChI is InChI=1S/C8H16N2O3S.ClH/c1-5(11)10-4-14-8(2,3)6(9)7(12)13;/h6H,4,9H2,1-3H3,(H,10,11)(H,12,13);1H/t6-;/m1./s1. The molecule has 0 aliphatic rings. The topological polar surface area (TPSA) is 92.4 Å². The lowest BCUT2D eigenvalue weighted by molar-refractivity contribution is -0.139. The number of carbonyl (C=O) groups excluding carboxylic acids is 1. The maximum atomic E-state index is 10.6. The summed E-state index contributed by atoms with van der Waals surface area (Å²) in [7, 11) is 0. The number of halogens is 1. The van der Waals surface area contributed by atoms with Crippen molar-refractivity contribution in [3.63, 3.8) is 0 Å². The van der Waals surface area contributed by atoms with Crippen molar-refractivity contribution in [1.29, 1.82) is 0 Å². The van der Waals surface area contributed by atoms with Crippen LogP contribution in [0.15, 0.2) is 0 Å². The van der Waals surface area contributed by atoms with E-state index in [1.807, 2.05) is 0 Å². The maximum Gasteiger partial charge on any atom is 0.321 e. The highest BCUT2D eigenvalue weighted by atomic mass is 35.5. The molecule has 1 atom stereocenters. The van der Waals surface area contributed by atoms with Gasteiger partial charge in [0.15, 0.2) is 0 Å². The van der Waals surface area contributed by atoms with E-state index < -0.39 is 16.8 Å². The molecule has 0 spiro atoms. The Bertz CT molecular complexity index is 236. The summed E-state index contributed by atoms with van der Waals surface area (Å²) in [6.07, 6.45) is 0. The van der Waals surface area contributed by atoms with E-state index in [-0.39, 0.29) is 18.3 Å². The molecule has 0 aromatic rings. The molecule has 0 aromatic heterocycles. The van der Waals surface area contributed by atoms with Crippen LogP contribution >= 0.6 is 24.2 Å². The molecule has 0 aromatic carbocycles. The molecule has 0 heterocycles. The Hall–Kier alpha value is -0.460. The Labute approximate surface area is 99.6 Å². The van der Waals surface area contributed by atoms with E-state index in [1.54, 1.807) is 13.8 Å². The van der Waals surface area contributed by atoms with Gasteiger partial charge in [-0.1, -0.05) is 0 Å². The number of carboxylic acid groups (broad SMARTS) is 1. The molecule has 0 fully saturated rings. The maximum absolute atomic E-state index is 10.6. The van der Waals surface area contributed by atoms with E-state index in [1.165, 1.54) is 18.7 Å². The van der Waals surface area contributed by atoms with Crippen molar-refractivity contribution in [3.8, 4) is 0 Å². The van der Waals surface area contributed by atoms with Gasteiger partial charge >= 0.3 is 5.97 Å². The Morgan fingerprint density at radius 2 is 2.00 bits per heavy atom. The fourth-order valence-corrected chi connectivity index (χ4v) is 1.64. The number of hydrogen-bond acceptors (Lipinski definition) is 4. The van der Waals surface area contributed by atoms with Gasteiger partial charge in [-0.2, -0.15) is 0 Å². The fourth-order valence-electron chi connectivity index (χ4n) is 0.711. The Morgan fingerprint density at radius 3 is 2.33 bits per heavy atom. The molecule has 7 heteroatoms. The van der Waals surface area contributed by atoms with E-state index in [9.17, 15) is 9.59 Å². The summed E-state index contributed by atoms with van der Waals surface area (Å²) >= 11 is 1.31. The molecular weight excluding hydrogens is 240 g/mol. The first kappa shape index (κ1) is 17.0. The van der Waals surface area contributed by atoms with Crippen LogP contribution in [0.2, 0.25) is 0 Å². The number of carbonyl (C=O) groups is 2. The predicted octanol–water partition coefficient (Wildman–Crippen LogP) is 0.426. The quantitative estimate of drug-likeness (QED) is 0.620. The molecule has 4 N–H and O–H groups in total. The van der Waals surface area contributed by atoms with Gasteiger partial charge in [0.2, 0.25) is 5.91 Å². The van der Waals surface area contributed by atoms with Crippen LogP contribution in [0.3, 0.4) is 0 Å². The fraction of sp³-hybridized carbons (Fsp3) is 0.750. The van der Waals surface area contributed by atoms with Gasteiger partial charge in [0.05, 0.1) is 5.88 Å². The molecule has 0 rings (SSSR count). The zero-order valence-electron chi connectivity index (χ0n) is 8.94. The third-order valence-corrected chi connectivity index (χ3v) is 3.07. The number of aliphatic carboxylic acids is 1. The smallest absolute Gasteiger partial charge is 0.321 e. The van der Waals surface area contributed by atoms with E-state index in [4.69, 9.17) is 10.8 Å². The summed E-state index contributed by atoms with van der Waals surface area (Å²) in [4.78, 5) is 21.2. The van der Waals surface area contributed by atoms with Gasteiger partial charge < -0.3 is 16.2 Å². The normalized spacial score (nSPS) is 12.5. The number of thioether (sulfide) groups is 1. The first-order chi connectivity index (χ1) is 6.27. The Morgan fingerprint density at radius 1 is 1.53 bits per heavy atom. The van der Waals surface area contributed by atoms with Crippen LogP contribution in [-0.2, 0) is 9.59 Å². The molecule has 0 bridgehead atoms. The number of hydrogen-bond donors (Lipinski definition) is 3. The zero-order valence-corrected chi connectivity index (χ0v) is 10.6. The number of rotatable bonds is 5. The Balaban J connectivity index is 0. The zero-order chi connectivity index (χ0) is 11.4. The van der Waals surface area contributed by atoms with E-state index in [2.05, 4.69) is 5.32 Å². The first-order valence-corrected chi connectivity index (χ1v) is 5.12. The van der Waals surface area contributed by atoms with E-state index in [0.29, 0.717) is 5.88 Å². The lowest BCUT2D eigenvalue weighted by Crippen LogP contribution is -2.47. The van der Waals surface area contributed by atoms with Gasteiger partial charge in [-0.3, -0.25) is 9.59 Å². The molecule has 90 valence electrons. The van der Waals surface area contributed by atoms with Crippen LogP contribution in [0.4, 0.5) is 0 Å². The second kappa shape index (κ2) is 6.92. The third kappa shape index (κ3) is 6.59. The number of carboxylic acids is 1. The monoisotopic (exact) mass is 256 g/mol. The molecule has 5 nitrogen and oxygen atoms in total. The van der Waals surface area contributed by atoms with Crippen LogP contribution in [0.5, 0.6) is 0 Å². The first-order valence-electron chi connectivity index (χ1n) is 4.14. The summed E-state index contributed by atoms with van der Waals surface area (Å²) in [6, 6.07) is -0.943. The minimum Gasteiger partial charge on any atom is -0.480 e. The number of amides is 1. The van der Waals surface area contributed by atoms with E-state index in [0.717, 1.165) is 0 Å². The largest absolute Gasteiger partial charge is 0.480 e. The van der Waals surface area contributed by atoms with Crippen LogP contribution in [0.25, 0.3) is 0 Å². The lowest BCUT2D eigenvalue weighted by Gasteiger charge is -2.27.